The number of carbonyl (C=O) groups is 2. The largest absolute Gasteiger partial charge is 0.321 e. The monoisotopic (exact) mass is 312 g/mol. The van der Waals surface area contributed by atoms with Gasteiger partial charge in [-0.05, 0) is 50.6 Å². The van der Waals surface area contributed by atoms with E-state index in [4.69, 9.17) is 0 Å². The van der Waals surface area contributed by atoms with Crippen LogP contribution in [0.15, 0.2) is 24.3 Å². The van der Waals surface area contributed by atoms with Gasteiger partial charge in [-0.3, -0.25) is 14.7 Å². The highest BCUT2D eigenvalue weighted by atomic mass is 16.2. The second-order valence-electron chi connectivity index (χ2n) is 5.71. The molecule has 1 aliphatic rings. The third kappa shape index (κ3) is 3.32. The van der Waals surface area contributed by atoms with Crippen LogP contribution < -0.4 is 10.6 Å². The van der Waals surface area contributed by atoms with Gasteiger partial charge >= 0.3 is 0 Å². The van der Waals surface area contributed by atoms with Gasteiger partial charge in [0.1, 0.15) is 0 Å². The number of aromatic amines is 1. The zero-order valence-corrected chi connectivity index (χ0v) is 13.1. The summed E-state index contributed by atoms with van der Waals surface area (Å²) in [5, 5.41) is 12.8. The fraction of sp³-hybridized carbons (Fsp3) is 0.353. The first kappa shape index (κ1) is 15.4. The summed E-state index contributed by atoms with van der Waals surface area (Å²) >= 11 is 0. The molecule has 0 aliphatic heterocycles. The molecule has 2 aromatic rings. The van der Waals surface area contributed by atoms with Crippen molar-refractivity contribution in [2.24, 2.45) is 0 Å². The standard InChI is InChI=1S/C17H20N4O2/c1-18-10-9-11-5-7-12(8-6-11)19-17(23)16-15-13(20-21-16)3-2-4-14(15)22/h5-8,18H,2-4,9-10H2,1H3,(H,19,23)(H,20,21). The minimum Gasteiger partial charge on any atom is -0.321 e. The van der Waals surface area contributed by atoms with E-state index in [2.05, 4.69) is 20.8 Å². The zero-order valence-electron chi connectivity index (χ0n) is 13.1. The average molecular weight is 312 g/mol. The molecule has 0 radical (unpaired) electrons. The molecular weight excluding hydrogens is 292 g/mol. The molecule has 3 rings (SSSR count). The molecule has 1 heterocycles. The molecule has 6 nitrogen and oxygen atoms in total. The van der Waals surface area contributed by atoms with Gasteiger partial charge in [0, 0.05) is 17.8 Å². The number of nitrogens with zero attached hydrogens (tertiary/aromatic N) is 1. The first-order chi connectivity index (χ1) is 11.2. The number of amides is 1. The van der Waals surface area contributed by atoms with Crippen molar-refractivity contribution in [3.05, 3.63) is 46.8 Å². The fourth-order valence-electron chi connectivity index (χ4n) is 2.79. The number of aryl methyl sites for hydroxylation is 1. The van der Waals surface area contributed by atoms with Gasteiger partial charge in [0.05, 0.1) is 5.56 Å². The van der Waals surface area contributed by atoms with Gasteiger partial charge in [-0.1, -0.05) is 12.1 Å². The number of aromatic nitrogens is 2. The van der Waals surface area contributed by atoms with E-state index < -0.39 is 0 Å². The summed E-state index contributed by atoms with van der Waals surface area (Å²) < 4.78 is 0. The van der Waals surface area contributed by atoms with E-state index in [0.717, 1.165) is 31.5 Å². The van der Waals surface area contributed by atoms with Crippen LogP contribution in [0.4, 0.5) is 5.69 Å². The summed E-state index contributed by atoms with van der Waals surface area (Å²) in [5.41, 5.74) is 3.32. The van der Waals surface area contributed by atoms with E-state index in [1.807, 2.05) is 31.3 Å². The van der Waals surface area contributed by atoms with Crippen molar-refractivity contribution >= 4 is 17.4 Å². The molecule has 0 atom stereocenters. The van der Waals surface area contributed by atoms with Gasteiger partial charge in [-0.15, -0.1) is 0 Å². The van der Waals surface area contributed by atoms with Crippen LogP contribution in [-0.2, 0) is 12.8 Å². The molecule has 0 fully saturated rings. The first-order valence-electron chi connectivity index (χ1n) is 7.84. The highest BCUT2D eigenvalue weighted by molar-refractivity contribution is 6.12. The second kappa shape index (κ2) is 6.75. The predicted molar refractivity (Wildman–Crippen MR) is 87.9 cm³/mol. The van der Waals surface area contributed by atoms with Gasteiger partial charge in [-0.2, -0.15) is 5.10 Å². The Labute approximate surface area is 134 Å². The number of Topliss-reactive ketones (excluding diaryl/α,β-unsaturated/α-hetero) is 1. The Balaban J connectivity index is 1.72. The highest BCUT2D eigenvalue weighted by Gasteiger charge is 2.27. The molecular formula is C17H20N4O2. The number of hydrogen-bond donors (Lipinski definition) is 3. The SMILES string of the molecule is CNCCc1ccc(NC(=O)c2n[nH]c3c2C(=O)CCC3)cc1. The molecule has 1 aromatic carbocycles. The number of carbonyl (C=O) groups excluding carboxylic acids is 2. The predicted octanol–water partition coefficient (Wildman–Crippen LogP) is 1.94. The number of H-pyrrole nitrogens is 1. The fourth-order valence-corrected chi connectivity index (χ4v) is 2.79. The highest BCUT2D eigenvalue weighted by Crippen LogP contribution is 2.23. The molecule has 120 valence electrons. The number of benzene rings is 1. The van der Waals surface area contributed by atoms with Gasteiger partial charge in [0.25, 0.3) is 5.91 Å². The number of likely N-dealkylation sites (N-methyl/N-ethyl adjacent to an activating group) is 1. The van der Waals surface area contributed by atoms with Crippen molar-refractivity contribution in [3.63, 3.8) is 0 Å². The molecule has 1 aliphatic carbocycles. The maximum absolute atomic E-state index is 12.4. The van der Waals surface area contributed by atoms with E-state index in [1.165, 1.54) is 5.56 Å². The van der Waals surface area contributed by atoms with Crippen molar-refractivity contribution in [3.8, 4) is 0 Å². The van der Waals surface area contributed by atoms with Gasteiger partial charge in [-0.25, -0.2) is 0 Å². The molecule has 0 saturated carbocycles. The smallest absolute Gasteiger partial charge is 0.276 e. The molecule has 1 aromatic heterocycles. The van der Waals surface area contributed by atoms with Crippen molar-refractivity contribution in [1.82, 2.24) is 15.5 Å². The normalized spacial score (nSPS) is 13.7. The number of ketones is 1. The Morgan fingerprint density at radius 2 is 2.04 bits per heavy atom. The van der Waals surface area contributed by atoms with Crippen LogP contribution in [0.25, 0.3) is 0 Å². The molecule has 0 bridgehead atoms. The lowest BCUT2D eigenvalue weighted by atomic mass is 9.94. The number of rotatable bonds is 5. The summed E-state index contributed by atoms with van der Waals surface area (Å²) in [6.07, 6.45) is 2.99. The number of hydrogen-bond acceptors (Lipinski definition) is 4. The Morgan fingerprint density at radius 3 is 2.78 bits per heavy atom. The Hall–Kier alpha value is -2.47. The van der Waals surface area contributed by atoms with E-state index in [-0.39, 0.29) is 17.4 Å². The molecule has 1 amide bonds. The Morgan fingerprint density at radius 1 is 1.26 bits per heavy atom. The summed E-state index contributed by atoms with van der Waals surface area (Å²) in [6.45, 7) is 0.910. The Bertz CT molecular complexity index is 719. The van der Waals surface area contributed by atoms with E-state index in [0.29, 0.717) is 17.7 Å². The zero-order chi connectivity index (χ0) is 16.2. The van der Waals surface area contributed by atoms with Crippen LogP contribution in [0.2, 0.25) is 0 Å². The van der Waals surface area contributed by atoms with Crippen molar-refractivity contribution < 1.29 is 9.59 Å². The minimum atomic E-state index is -0.347. The lowest BCUT2D eigenvalue weighted by molar-refractivity contribution is 0.0955. The van der Waals surface area contributed by atoms with Gasteiger partial charge < -0.3 is 10.6 Å². The third-order valence-corrected chi connectivity index (χ3v) is 4.04. The van der Waals surface area contributed by atoms with E-state index >= 15 is 0 Å². The minimum absolute atomic E-state index is 0.00689. The molecule has 0 unspecified atom stereocenters. The van der Waals surface area contributed by atoms with Gasteiger partial charge in [0.2, 0.25) is 0 Å². The topological polar surface area (TPSA) is 86.9 Å². The van der Waals surface area contributed by atoms with Gasteiger partial charge in [0.15, 0.2) is 11.5 Å². The van der Waals surface area contributed by atoms with Crippen LogP contribution in [0.1, 0.15) is 44.9 Å². The van der Waals surface area contributed by atoms with Crippen LogP contribution in [-0.4, -0.2) is 35.5 Å². The summed E-state index contributed by atoms with van der Waals surface area (Å²) in [4.78, 5) is 24.4. The lowest BCUT2D eigenvalue weighted by Crippen LogP contribution is -2.18. The van der Waals surface area contributed by atoms with Crippen molar-refractivity contribution in [2.45, 2.75) is 25.7 Å². The van der Waals surface area contributed by atoms with Crippen LogP contribution >= 0.6 is 0 Å². The second-order valence-corrected chi connectivity index (χ2v) is 5.71. The number of fused-ring (bicyclic) bond motifs is 1. The summed E-state index contributed by atoms with van der Waals surface area (Å²) in [6, 6.07) is 7.70. The van der Waals surface area contributed by atoms with Crippen LogP contribution in [0, 0.1) is 0 Å². The number of anilines is 1. The molecule has 0 saturated heterocycles. The van der Waals surface area contributed by atoms with Crippen LogP contribution in [0.3, 0.4) is 0 Å². The van der Waals surface area contributed by atoms with Crippen molar-refractivity contribution in [1.29, 1.82) is 0 Å². The summed E-state index contributed by atoms with van der Waals surface area (Å²) in [7, 11) is 1.92. The average Bonchev–Trinajstić information content (AvgIpc) is 3.00. The maximum Gasteiger partial charge on any atom is 0.276 e. The molecule has 3 N–H and O–H groups in total. The maximum atomic E-state index is 12.4. The quantitative estimate of drug-likeness (QED) is 0.787. The van der Waals surface area contributed by atoms with E-state index in [9.17, 15) is 9.59 Å². The van der Waals surface area contributed by atoms with Crippen molar-refractivity contribution in [2.75, 3.05) is 18.9 Å². The third-order valence-electron chi connectivity index (χ3n) is 4.04. The molecule has 0 spiro atoms. The lowest BCUT2D eigenvalue weighted by Gasteiger charge is -2.10. The molecule has 6 heteroatoms. The Kier molecular flexibility index (Phi) is 4.52. The van der Waals surface area contributed by atoms with E-state index in [1.54, 1.807) is 0 Å². The summed E-state index contributed by atoms with van der Waals surface area (Å²) in [5.74, 6) is -0.353. The first-order valence-corrected chi connectivity index (χ1v) is 7.84. The number of nitrogens with one attached hydrogen (secondary N) is 3. The molecule has 23 heavy (non-hydrogen) atoms. The van der Waals surface area contributed by atoms with Crippen LogP contribution in [0.5, 0.6) is 0 Å².